The molecule has 1 aliphatic rings. The van der Waals surface area contributed by atoms with E-state index in [1.807, 2.05) is 26.0 Å². The van der Waals surface area contributed by atoms with E-state index in [-0.39, 0.29) is 18.6 Å². The number of nitrogens with one attached hydrogen (secondary N) is 1. The number of carbonyl (C=O) groups excluding carboxylic acids is 1. The first-order chi connectivity index (χ1) is 10.2. The minimum Gasteiger partial charge on any atom is -0.491 e. The van der Waals surface area contributed by atoms with Crippen molar-refractivity contribution in [1.29, 1.82) is 0 Å². The van der Waals surface area contributed by atoms with E-state index >= 15 is 0 Å². The van der Waals surface area contributed by atoms with Gasteiger partial charge < -0.3 is 15.2 Å². The van der Waals surface area contributed by atoms with Crippen LogP contribution in [0.15, 0.2) is 24.3 Å². The fourth-order valence-corrected chi connectivity index (χ4v) is 2.92. The van der Waals surface area contributed by atoms with Crippen LogP contribution in [0.2, 0.25) is 0 Å². The van der Waals surface area contributed by atoms with Crippen molar-refractivity contribution >= 4 is 29.1 Å². The van der Waals surface area contributed by atoms with Gasteiger partial charge in [-0.25, -0.2) is 0 Å². The number of hydrogen-bond donors (Lipinski definition) is 2. The summed E-state index contributed by atoms with van der Waals surface area (Å²) in [4.78, 5) is 12.1. The first-order valence-corrected chi connectivity index (χ1v) is 8.02. The number of ether oxygens (including phenoxy) is 1. The normalized spacial score (nSPS) is 24.0. The topological polar surface area (TPSA) is 58.6 Å². The van der Waals surface area contributed by atoms with E-state index in [1.165, 1.54) is 0 Å². The molecule has 2 atom stereocenters. The molecule has 2 rings (SSSR count). The van der Waals surface area contributed by atoms with Gasteiger partial charge in [0.1, 0.15) is 10.1 Å². The molecule has 0 heterocycles. The van der Waals surface area contributed by atoms with Gasteiger partial charge in [0, 0.05) is 6.54 Å². The van der Waals surface area contributed by atoms with Crippen LogP contribution in [0, 0.1) is 5.41 Å². The third-order valence-electron chi connectivity index (χ3n) is 3.83. The van der Waals surface area contributed by atoms with Gasteiger partial charge in [-0.1, -0.05) is 12.1 Å². The number of amides is 1. The smallest absolute Gasteiger partial charge is 0.229 e. The van der Waals surface area contributed by atoms with E-state index in [4.69, 9.17) is 27.9 Å². The van der Waals surface area contributed by atoms with Gasteiger partial charge in [-0.05, 0) is 44.9 Å². The molecule has 1 amide bonds. The highest BCUT2D eigenvalue weighted by Gasteiger charge is 2.67. The Labute approximate surface area is 140 Å². The van der Waals surface area contributed by atoms with Crippen molar-refractivity contribution in [2.45, 2.75) is 43.7 Å². The zero-order chi connectivity index (χ0) is 16.5. The predicted octanol–water partition coefficient (Wildman–Crippen LogP) is 3.21. The van der Waals surface area contributed by atoms with E-state index in [9.17, 15) is 9.90 Å². The maximum absolute atomic E-state index is 12.1. The molecule has 22 heavy (non-hydrogen) atoms. The van der Waals surface area contributed by atoms with Crippen LogP contribution in [-0.2, 0) is 4.79 Å². The fourth-order valence-electron chi connectivity index (χ4n) is 2.22. The molecule has 1 aromatic carbocycles. The lowest BCUT2D eigenvalue weighted by Crippen LogP contribution is -2.36. The van der Waals surface area contributed by atoms with Crippen LogP contribution >= 0.6 is 23.2 Å². The summed E-state index contributed by atoms with van der Waals surface area (Å²) >= 11 is 11.9. The molecule has 1 aliphatic carbocycles. The number of rotatable bonds is 6. The number of benzene rings is 1. The van der Waals surface area contributed by atoms with Crippen LogP contribution in [0.4, 0.5) is 0 Å². The lowest BCUT2D eigenvalue weighted by atomic mass is 10.1. The zero-order valence-electron chi connectivity index (χ0n) is 12.9. The molecule has 1 saturated carbocycles. The molecule has 0 saturated heterocycles. The molecule has 122 valence electrons. The maximum atomic E-state index is 12.1. The Morgan fingerprint density at radius 3 is 2.64 bits per heavy atom. The van der Waals surface area contributed by atoms with Crippen molar-refractivity contribution < 1.29 is 14.6 Å². The average molecular weight is 346 g/mol. The van der Waals surface area contributed by atoms with Crippen molar-refractivity contribution in [3.05, 3.63) is 29.8 Å². The Kier molecular flexibility index (Phi) is 4.95. The van der Waals surface area contributed by atoms with E-state index in [0.29, 0.717) is 17.7 Å². The van der Waals surface area contributed by atoms with Gasteiger partial charge in [-0.2, -0.15) is 0 Å². The highest BCUT2D eigenvalue weighted by Crippen LogP contribution is 2.63. The van der Waals surface area contributed by atoms with Crippen molar-refractivity contribution in [2.24, 2.45) is 5.41 Å². The van der Waals surface area contributed by atoms with Gasteiger partial charge in [0.05, 0.1) is 17.6 Å². The van der Waals surface area contributed by atoms with E-state index in [2.05, 4.69) is 5.32 Å². The zero-order valence-corrected chi connectivity index (χ0v) is 14.4. The summed E-state index contributed by atoms with van der Waals surface area (Å²) in [5, 5.41) is 12.9. The summed E-state index contributed by atoms with van der Waals surface area (Å²) in [6.45, 7) is 5.68. The van der Waals surface area contributed by atoms with Gasteiger partial charge >= 0.3 is 0 Å². The third kappa shape index (κ3) is 3.67. The van der Waals surface area contributed by atoms with Crippen molar-refractivity contribution in [3.63, 3.8) is 0 Å². The second kappa shape index (κ2) is 6.26. The molecule has 2 N–H and O–H groups in total. The summed E-state index contributed by atoms with van der Waals surface area (Å²) in [7, 11) is 0. The largest absolute Gasteiger partial charge is 0.491 e. The number of hydrogen-bond acceptors (Lipinski definition) is 3. The molecule has 0 spiro atoms. The van der Waals surface area contributed by atoms with E-state index < -0.39 is 15.9 Å². The SMILES string of the molecule is CC(C)Oc1cccc([C@@H](O)CNC(=O)[C@]2(C)CC2(Cl)Cl)c1. The Balaban J connectivity index is 1.93. The van der Waals surface area contributed by atoms with Gasteiger partial charge in [-0.15, -0.1) is 23.2 Å². The number of aliphatic hydroxyl groups is 1. The first-order valence-electron chi connectivity index (χ1n) is 7.26. The Morgan fingerprint density at radius 2 is 2.09 bits per heavy atom. The summed E-state index contributed by atoms with van der Waals surface area (Å²) < 4.78 is 4.58. The van der Waals surface area contributed by atoms with Crippen LogP contribution < -0.4 is 10.1 Å². The number of alkyl halides is 2. The van der Waals surface area contributed by atoms with Crippen LogP contribution in [0.5, 0.6) is 5.75 Å². The molecule has 1 fully saturated rings. The van der Waals surface area contributed by atoms with Gasteiger partial charge in [-0.3, -0.25) is 4.79 Å². The highest BCUT2D eigenvalue weighted by molar-refractivity contribution is 6.53. The highest BCUT2D eigenvalue weighted by atomic mass is 35.5. The lowest BCUT2D eigenvalue weighted by Gasteiger charge is -2.17. The van der Waals surface area contributed by atoms with Crippen molar-refractivity contribution in [2.75, 3.05) is 6.54 Å². The van der Waals surface area contributed by atoms with Gasteiger partial charge in [0.25, 0.3) is 0 Å². The second-order valence-corrected chi connectivity index (χ2v) is 7.66. The summed E-state index contributed by atoms with van der Waals surface area (Å²) in [5.41, 5.74) is -0.0965. The molecule has 0 unspecified atom stereocenters. The Bertz CT molecular complexity index is 562. The van der Waals surface area contributed by atoms with Crippen LogP contribution in [0.25, 0.3) is 0 Å². The van der Waals surface area contributed by atoms with Crippen LogP contribution in [0.1, 0.15) is 38.9 Å². The number of aliphatic hydroxyl groups excluding tert-OH is 1. The molecule has 4 nitrogen and oxygen atoms in total. The molecule has 0 aliphatic heterocycles. The first kappa shape index (κ1) is 17.4. The molecule has 0 aromatic heterocycles. The minimum atomic E-state index is -1.01. The van der Waals surface area contributed by atoms with Crippen LogP contribution in [-0.4, -0.2) is 28.0 Å². The van der Waals surface area contributed by atoms with E-state index in [0.717, 1.165) is 0 Å². The van der Waals surface area contributed by atoms with Crippen molar-refractivity contribution in [3.8, 4) is 5.75 Å². The number of carbonyl (C=O) groups is 1. The summed E-state index contributed by atoms with van der Waals surface area (Å²) in [6.07, 6.45) is -0.340. The third-order valence-corrected chi connectivity index (χ3v) is 4.93. The standard InChI is InChI=1S/C16H21Cl2NO3/c1-10(2)22-12-6-4-5-11(7-12)13(20)8-19-14(21)15(3)9-16(15,17)18/h4-7,10,13,20H,8-9H2,1-3H3,(H,19,21)/t13-,15-/m0/s1. The second-order valence-electron chi connectivity index (χ2n) is 6.18. The molecular formula is C16H21Cl2NO3. The maximum Gasteiger partial charge on any atom is 0.229 e. The lowest BCUT2D eigenvalue weighted by molar-refractivity contribution is -0.126. The number of halogens is 2. The Hall–Kier alpha value is -0.970. The van der Waals surface area contributed by atoms with Crippen molar-refractivity contribution in [1.82, 2.24) is 5.32 Å². The van der Waals surface area contributed by atoms with Crippen LogP contribution in [0.3, 0.4) is 0 Å². The quantitative estimate of drug-likeness (QED) is 0.778. The Morgan fingerprint density at radius 1 is 1.45 bits per heavy atom. The predicted molar refractivity (Wildman–Crippen MR) is 87.3 cm³/mol. The molecule has 0 bridgehead atoms. The minimum absolute atomic E-state index is 0.0578. The molecule has 1 aromatic rings. The molecular weight excluding hydrogens is 325 g/mol. The fraction of sp³-hybridized carbons (Fsp3) is 0.562. The molecule has 6 heteroatoms. The molecule has 0 radical (unpaired) electrons. The monoisotopic (exact) mass is 345 g/mol. The van der Waals surface area contributed by atoms with Gasteiger partial charge in [0.2, 0.25) is 5.91 Å². The summed E-state index contributed by atoms with van der Waals surface area (Å²) in [6, 6.07) is 7.19. The average Bonchev–Trinajstić information content (AvgIpc) is 2.95. The van der Waals surface area contributed by atoms with Gasteiger partial charge in [0.15, 0.2) is 0 Å². The summed E-state index contributed by atoms with van der Waals surface area (Å²) in [5.74, 6) is 0.443. The van der Waals surface area contributed by atoms with E-state index in [1.54, 1.807) is 19.1 Å².